The first-order chi connectivity index (χ1) is 19.8. The molecule has 0 aliphatic heterocycles. The van der Waals surface area contributed by atoms with E-state index in [0.717, 1.165) is 72.3 Å². The summed E-state index contributed by atoms with van der Waals surface area (Å²) in [7, 11) is 0. The van der Waals surface area contributed by atoms with Crippen molar-refractivity contribution < 1.29 is 4.42 Å². The third kappa shape index (κ3) is 3.56. The molecule has 0 saturated heterocycles. The zero-order valence-corrected chi connectivity index (χ0v) is 21.7. The van der Waals surface area contributed by atoms with Crippen molar-refractivity contribution >= 4 is 33.0 Å². The van der Waals surface area contributed by atoms with E-state index in [9.17, 15) is 0 Å². The van der Waals surface area contributed by atoms with Crippen LogP contribution in [0.3, 0.4) is 0 Å². The lowest BCUT2D eigenvalue weighted by molar-refractivity contribution is 0.670. The van der Waals surface area contributed by atoms with E-state index in [4.69, 9.17) is 9.40 Å². The van der Waals surface area contributed by atoms with Crippen LogP contribution in [0.15, 0.2) is 150 Å². The van der Waals surface area contributed by atoms with Crippen LogP contribution in [0, 0.1) is 0 Å². The molecule has 40 heavy (non-hydrogen) atoms. The zero-order chi connectivity index (χ0) is 26.5. The van der Waals surface area contributed by atoms with Crippen molar-refractivity contribution in [2.75, 3.05) is 0 Å². The molecule has 0 fully saturated rings. The fourth-order valence-electron chi connectivity index (χ4n) is 5.78. The van der Waals surface area contributed by atoms with Gasteiger partial charge in [0, 0.05) is 27.6 Å². The van der Waals surface area contributed by atoms with Gasteiger partial charge in [0.05, 0.1) is 11.0 Å². The average molecular weight is 513 g/mol. The van der Waals surface area contributed by atoms with E-state index in [-0.39, 0.29) is 0 Å². The number of furan rings is 1. The van der Waals surface area contributed by atoms with Crippen molar-refractivity contribution in [3.63, 3.8) is 0 Å². The van der Waals surface area contributed by atoms with Gasteiger partial charge >= 0.3 is 0 Å². The molecule has 0 bridgehead atoms. The topological polar surface area (TPSA) is 31.0 Å². The van der Waals surface area contributed by atoms with Gasteiger partial charge in [-0.1, -0.05) is 103 Å². The maximum Gasteiger partial charge on any atom is 0.146 e. The number of hydrogen-bond donors (Lipinski definition) is 0. The fourth-order valence-corrected chi connectivity index (χ4v) is 5.78. The summed E-state index contributed by atoms with van der Waals surface area (Å²) in [5.41, 5.74) is 10.5. The van der Waals surface area contributed by atoms with Gasteiger partial charge in [-0.25, -0.2) is 4.98 Å². The summed E-state index contributed by atoms with van der Waals surface area (Å²) in [4.78, 5) is 5.17. The third-order valence-corrected chi connectivity index (χ3v) is 7.64. The van der Waals surface area contributed by atoms with E-state index < -0.39 is 0 Å². The molecule has 0 aliphatic carbocycles. The molecule has 2 aromatic heterocycles. The highest BCUT2D eigenvalue weighted by Crippen LogP contribution is 2.41. The molecule has 0 amide bonds. The van der Waals surface area contributed by atoms with Gasteiger partial charge in [0.2, 0.25) is 0 Å². The van der Waals surface area contributed by atoms with Crippen LogP contribution >= 0.6 is 0 Å². The minimum absolute atomic E-state index is 0.904. The summed E-state index contributed by atoms with van der Waals surface area (Å²) in [6.07, 6.45) is 0. The quantitative estimate of drug-likeness (QED) is 0.235. The van der Waals surface area contributed by atoms with Gasteiger partial charge in [-0.05, 0) is 59.2 Å². The molecule has 8 rings (SSSR count). The number of nitrogens with zero attached hydrogens (tertiary/aromatic N) is 2. The Morgan fingerprint density at radius 3 is 2.10 bits per heavy atom. The van der Waals surface area contributed by atoms with Crippen LogP contribution in [0.2, 0.25) is 0 Å². The van der Waals surface area contributed by atoms with E-state index in [2.05, 4.69) is 126 Å². The normalized spacial score (nSPS) is 11.5. The second-order valence-electron chi connectivity index (χ2n) is 10.0. The molecule has 0 aliphatic rings. The van der Waals surface area contributed by atoms with Crippen LogP contribution in [0.5, 0.6) is 0 Å². The maximum absolute atomic E-state index is 6.40. The molecule has 0 atom stereocenters. The van der Waals surface area contributed by atoms with Gasteiger partial charge in [-0.3, -0.25) is 4.57 Å². The molecule has 3 nitrogen and oxygen atoms in total. The van der Waals surface area contributed by atoms with Crippen LogP contribution in [0.4, 0.5) is 0 Å². The Morgan fingerprint density at radius 1 is 0.500 bits per heavy atom. The maximum atomic E-state index is 6.40. The predicted octanol–water partition coefficient (Wildman–Crippen LogP) is 9.93. The van der Waals surface area contributed by atoms with Gasteiger partial charge in [-0.15, -0.1) is 0 Å². The lowest BCUT2D eigenvalue weighted by atomic mass is 9.93. The van der Waals surface area contributed by atoms with Crippen molar-refractivity contribution in [2.24, 2.45) is 0 Å². The van der Waals surface area contributed by atoms with Crippen molar-refractivity contribution in [1.82, 2.24) is 9.55 Å². The SMILES string of the molecule is c1ccc(-c2cc(-c3cccc4c3oc3ccccc34)ccc2-c2nc3ccccc3n2-c2ccccc2)cc1. The van der Waals surface area contributed by atoms with Crippen LogP contribution in [-0.4, -0.2) is 9.55 Å². The second-order valence-corrected chi connectivity index (χ2v) is 10.0. The Labute approximate surface area is 231 Å². The van der Waals surface area contributed by atoms with E-state index in [1.54, 1.807) is 0 Å². The lowest BCUT2D eigenvalue weighted by Gasteiger charge is -2.15. The van der Waals surface area contributed by atoms with Crippen molar-refractivity contribution in [3.8, 4) is 39.3 Å². The average Bonchev–Trinajstić information content (AvgIpc) is 3.60. The molecule has 0 radical (unpaired) electrons. The highest BCUT2D eigenvalue weighted by molar-refractivity contribution is 6.09. The first kappa shape index (κ1) is 22.6. The number of imidazole rings is 1. The van der Waals surface area contributed by atoms with E-state index in [1.807, 2.05) is 24.3 Å². The van der Waals surface area contributed by atoms with Crippen LogP contribution in [0.25, 0.3) is 72.3 Å². The van der Waals surface area contributed by atoms with Crippen molar-refractivity contribution in [1.29, 1.82) is 0 Å². The van der Waals surface area contributed by atoms with Gasteiger partial charge in [-0.2, -0.15) is 0 Å². The van der Waals surface area contributed by atoms with Crippen LogP contribution < -0.4 is 0 Å². The summed E-state index contributed by atoms with van der Waals surface area (Å²) < 4.78 is 8.66. The van der Waals surface area contributed by atoms with Crippen molar-refractivity contribution in [2.45, 2.75) is 0 Å². The minimum atomic E-state index is 0.904. The zero-order valence-electron chi connectivity index (χ0n) is 21.7. The molecule has 0 unspecified atom stereocenters. The Kier molecular flexibility index (Phi) is 5.14. The number of rotatable bonds is 4. The molecular weight excluding hydrogens is 488 g/mol. The molecule has 188 valence electrons. The number of para-hydroxylation sites is 5. The highest BCUT2D eigenvalue weighted by Gasteiger charge is 2.19. The largest absolute Gasteiger partial charge is 0.455 e. The summed E-state index contributed by atoms with van der Waals surface area (Å²) in [5, 5.41) is 2.26. The Hall–Kier alpha value is -5.41. The van der Waals surface area contributed by atoms with Gasteiger partial charge in [0.25, 0.3) is 0 Å². The Morgan fingerprint density at radius 2 is 1.23 bits per heavy atom. The number of hydrogen-bond acceptors (Lipinski definition) is 2. The standard InChI is InChI=1S/C37H24N2O/c1-3-12-25(13-4-1)32-24-26(28-17-11-18-30-29-16-7-10-21-35(29)40-36(28)30)22-23-31(32)37-38-33-19-8-9-20-34(33)39(37)27-14-5-2-6-15-27/h1-24H. The lowest BCUT2D eigenvalue weighted by Crippen LogP contribution is -1.99. The summed E-state index contributed by atoms with van der Waals surface area (Å²) in [6, 6.07) is 50.7. The Bertz CT molecular complexity index is 2150. The van der Waals surface area contributed by atoms with Gasteiger partial charge < -0.3 is 4.42 Å². The van der Waals surface area contributed by atoms with Crippen LogP contribution in [0.1, 0.15) is 0 Å². The molecule has 6 aromatic carbocycles. The molecule has 3 heteroatoms. The highest BCUT2D eigenvalue weighted by atomic mass is 16.3. The first-order valence-electron chi connectivity index (χ1n) is 13.5. The van der Waals surface area contributed by atoms with E-state index in [0.29, 0.717) is 0 Å². The van der Waals surface area contributed by atoms with Gasteiger partial charge in [0.15, 0.2) is 0 Å². The number of benzene rings is 6. The molecule has 2 heterocycles. The summed E-state index contributed by atoms with van der Waals surface area (Å²) in [5.74, 6) is 0.916. The van der Waals surface area contributed by atoms with Gasteiger partial charge in [0.1, 0.15) is 17.0 Å². The monoisotopic (exact) mass is 512 g/mol. The fraction of sp³-hybridized carbons (Fsp3) is 0. The number of fused-ring (bicyclic) bond motifs is 4. The third-order valence-electron chi connectivity index (χ3n) is 7.64. The Balaban J connectivity index is 1.40. The smallest absolute Gasteiger partial charge is 0.146 e. The van der Waals surface area contributed by atoms with E-state index >= 15 is 0 Å². The first-order valence-corrected chi connectivity index (χ1v) is 13.5. The molecular formula is C37H24N2O. The van der Waals surface area contributed by atoms with Crippen molar-refractivity contribution in [3.05, 3.63) is 146 Å². The molecule has 0 N–H and O–H groups in total. The summed E-state index contributed by atoms with van der Waals surface area (Å²) >= 11 is 0. The summed E-state index contributed by atoms with van der Waals surface area (Å²) in [6.45, 7) is 0. The number of aromatic nitrogens is 2. The van der Waals surface area contributed by atoms with Crippen LogP contribution in [-0.2, 0) is 0 Å². The minimum Gasteiger partial charge on any atom is -0.455 e. The van der Waals surface area contributed by atoms with E-state index in [1.165, 1.54) is 0 Å². The molecule has 0 spiro atoms. The molecule has 8 aromatic rings. The second kappa shape index (κ2) is 9.11. The predicted molar refractivity (Wildman–Crippen MR) is 165 cm³/mol. The molecule has 0 saturated carbocycles.